The minimum absolute atomic E-state index is 0.0173. The molecule has 1 aliphatic heterocycles. The monoisotopic (exact) mass is 482 g/mol. The molecule has 152 valence electrons. The van der Waals surface area contributed by atoms with Gasteiger partial charge in [0.15, 0.2) is 0 Å². The van der Waals surface area contributed by atoms with Gasteiger partial charge < -0.3 is 10.1 Å². The maximum Gasteiger partial charge on any atom is 0.226 e. The summed E-state index contributed by atoms with van der Waals surface area (Å²) in [5.41, 5.74) is 3.92. The molecular weight excluding hydrogens is 464 g/mol. The molecule has 0 spiro atoms. The Balaban J connectivity index is 1.61. The highest BCUT2D eigenvalue weighted by Gasteiger charge is 2.33. The molecule has 0 radical (unpaired) electrons. The van der Waals surface area contributed by atoms with Gasteiger partial charge in [-0.2, -0.15) is 9.78 Å². The summed E-state index contributed by atoms with van der Waals surface area (Å²) in [7, 11) is 0. The van der Waals surface area contributed by atoms with Crippen LogP contribution in [0.5, 0.6) is 5.75 Å². The Bertz CT molecular complexity index is 1260. The molecule has 1 N–H and O–H groups in total. The van der Waals surface area contributed by atoms with Crippen LogP contribution in [0.4, 0.5) is 5.82 Å². The summed E-state index contributed by atoms with van der Waals surface area (Å²) in [6, 6.07) is 14.0. The average molecular weight is 483 g/mol. The molecule has 0 fully saturated rings. The first-order chi connectivity index (χ1) is 14.5. The van der Waals surface area contributed by atoms with Crippen LogP contribution < -0.4 is 10.1 Å². The van der Waals surface area contributed by atoms with E-state index in [1.54, 1.807) is 4.68 Å². The van der Waals surface area contributed by atoms with E-state index in [0.717, 1.165) is 42.4 Å². The van der Waals surface area contributed by atoms with E-state index in [9.17, 15) is 4.79 Å². The van der Waals surface area contributed by atoms with Gasteiger partial charge in [0.2, 0.25) is 11.0 Å². The van der Waals surface area contributed by atoms with Gasteiger partial charge in [0.1, 0.15) is 11.6 Å². The van der Waals surface area contributed by atoms with E-state index in [2.05, 4.69) is 33.4 Å². The van der Waals surface area contributed by atoms with E-state index < -0.39 is 0 Å². The predicted octanol–water partition coefficient (Wildman–Crippen LogP) is 5.43. The van der Waals surface area contributed by atoms with Crippen LogP contribution in [0, 0.1) is 6.92 Å². The fraction of sp³-hybridized carbons (Fsp3) is 0.227. The number of hydrogen-bond donors (Lipinski definition) is 1. The number of rotatable bonds is 4. The number of carbonyl (C=O) groups is 1. The van der Waals surface area contributed by atoms with Crippen LogP contribution in [0.1, 0.15) is 36.1 Å². The molecule has 30 heavy (non-hydrogen) atoms. The molecule has 0 bridgehead atoms. The van der Waals surface area contributed by atoms with Crippen LogP contribution in [0.3, 0.4) is 0 Å². The number of aromatic nitrogens is 3. The lowest BCUT2D eigenvalue weighted by Crippen LogP contribution is -2.24. The van der Waals surface area contributed by atoms with Crippen LogP contribution in [0.15, 0.2) is 46.9 Å². The zero-order valence-electron chi connectivity index (χ0n) is 16.5. The van der Waals surface area contributed by atoms with E-state index in [1.165, 1.54) is 11.3 Å². The molecule has 4 aromatic rings. The molecular formula is C22H19BrN4O2S. The molecule has 0 saturated carbocycles. The third-order valence-corrected chi connectivity index (χ3v) is 6.74. The summed E-state index contributed by atoms with van der Waals surface area (Å²) in [5.74, 6) is 1.48. The molecule has 0 unspecified atom stereocenters. The number of nitrogens with one attached hydrogen (secondary N) is 1. The molecule has 6 nitrogen and oxygen atoms in total. The van der Waals surface area contributed by atoms with Crippen LogP contribution in [0.2, 0.25) is 0 Å². The number of fused-ring (bicyclic) bond motifs is 2. The topological polar surface area (TPSA) is 69.0 Å². The van der Waals surface area contributed by atoms with Gasteiger partial charge >= 0.3 is 0 Å². The van der Waals surface area contributed by atoms with Gasteiger partial charge in [-0.25, -0.2) is 4.98 Å². The summed E-state index contributed by atoms with van der Waals surface area (Å²) >= 11 is 5.01. The molecule has 5 rings (SSSR count). The van der Waals surface area contributed by atoms with E-state index in [0.29, 0.717) is 18.8 Å². The lowest BCUT2D eigenvalue weighted by molar-refractivity contribution is -0.116. The van der Waals surface area contributed by atoms with Crippen molar-refractivity contribution in [1.82, 2.24) is 14.8 Å². The number of benzene rings is 2. The number of aryl methyl sites for hydroxylation is 1. The second-order valence-corrected chi connectivity index (χ2v) is 9.10. The molecule has 0 aliphatic carbocycles. The Labute approximate surface area is 186 Å². The zero-order chi connectivity index (χ0) is 20.8. The molecule has 1 amide bonds. The second kappa shape index (κ2) is 7.52. The Morgan fingerprint density at radius 1 is 1.27 bits per heavy atom. The minimum atomic E-state index is -0.0328. The van der Waals surface area contributed by atoms with Crippen LogP contribution >= 0.6 is 27.3 Å². The summed E-state index contributed by atoms with van der Waals surface area (Å²) < 4.78 is 9.40. The second-order valence-electron chi connectivity index (χ2n) is 7.17. The number of ether oxygens (including phenoxy) is 1. The molecule has 3 heterocycles. The van der Waals surface area contributed by atoms with Crippen molar-refractivity contribution in [3.63, 3.8) is 0 Å². The highest BCUT2D eigenvalue weighted by molar-refractivity contribution is 9.10. The first kappa shape index (κ1) is 19.3. The van der Waals surface area contributed by atoms with Crippen molar-refractivity contribution in [2.24, 2.45) is 0 Å². The summed E-state index contributed by atoms with van der Waals surface area (Å²) in [4.78, 5) is 17.3. The van der Waals surface area contributed by atoms with Crippen molar-refractivity contribution in [3.8, 4) is 10.9 Å². The molecule has 1 atom stereocenters. The van der Waals surface area contributed by atoms with Crippen molar-refractivity contribution >= 4 is 49.2 Å². The molecule has 2 aromatic heterocycles. The van der Waals surface area contributed by atoms with Crippen molar-refractivity contribution < 1.29 is 9.53 Å². The maximum absolute atomic E-state index is 12.6. The number of nitrogens with zero attached hydrogens (tertiary/aromatic N) is 3. The van der Waals surface area contributed by atoms with Gasteiger partial charge in [0.25, 0.3) is 0 Å². The quantitative estimate of drug-likeness (QED) is 0.421. The van der Waals surface area contributed by atoms with Gasteiger partial charge in [0.05, 0.1) is 22.5 Å². The van der Waals surface area contributed by atoms with Crippen molar-refractivity contribution in [1.29, 1.82) is 0 Å². The van der Waals surface area contributed by atoms with Gasteiger partial charge in [-0.1, -0.05) is 39.4 Å². The van der Waals surface area contributed by atoms with Crippen molar-refractivity contribution in [2.75, 3.05) is 11.9 Å². The van der Waals surface area contributed by atoms with E-state index in [-0.39, 0.29) is 11.8 Å². The summed E-state index contributed by atoms with van der Waals surface area (Å²) in [6.07, 6.45) is 0.402. The van der Waals surface area contributed by atoms with Crippen LogP contribution in [-0.4, -0.2) is 27.3 Å². The molecule has 1 aliphatic rings. The number of carbonyl (C=O) groups excluding carboxylic acids is 1. The van der Waals surface area contributed by atoms with Crippen molar-refractivity contribution in [3.05, 3.63) is 63.8 Å². The Kier molecular flexibility index (Phi) is 4.83. The van der Waals surface area contributed by atoms with Gasteiger partial charge in [0, 0.05) is 22.4 Å². The number of halogens is 1. The SMILES string of the molecule is CCOc1ccc2nc(-n3nc(C)c4c3NC(=O)C[C@@H]4c3ccc(Br)cc3)sc2c1. The van der Waals surface area contributed by atoms with Crippen molar-refractivity contribution in [2.45, 2.75) is 26.2 Å². The van der Waals surface area contributed by atoms with Crippen LogP contribution in [0.25, 0.3) is 15.3 Å². The number of amides is 1. The van der Waals surface area contributed by atoms with Gasteiger partial charge in [-0.05, 0) is 49.7 Å². The normalized spacial score (nSPS) is 15.8. The Morgan fingerprint density at radius 3 is 2.83 bits per heavy atom. The lowest BCUT2D eigenvalue weighted by atomic mass is 9.86. The Hall–Kier alpha value is -2.71. The van der Waals surface area contributed by atoms with E-state index >= 15 is 0 Å². The number of anilines is 1. The third-order valence-electron chi connectivity index (χ3n) is 5.22. The zero-order valence-corrected chi connectivity index (χ0v) is 18.9. The minimum Gasteiger partial charge on any atom is -0.494 e. The maximum atomic E-state index is 12.6. The summed E-state index contributed by atoms with van der Waals surface area (Å²) in [6.45, 7) is 4.57. The van der Waals surface area contributed by atoms with E-state index in [4.69, 9.17) is 14.8 Å². The fourth-order valence-corrected chi connectivity index (χ4v) is 5.12. The molecule has 0 saturated heterocycles. The smallest absolute Gasteiger partial charge is 0.226 e. The standard InChI is InChI=1S/C22H19BrN4O2S/c1-3-29-15-8-9-17-18(10-15)30-22(24-17)27-21-20(12(2)26-27)16(11-19(28)25-21)13-4-6-14(23)7-5-13/h4-10,16H,3,11H2,1-2H3,(H,25,28)/t16-/m1/s1. The Morgan fingerprint density at radius 2 is 2.07 bits per heavy atom. The number of thiazole rings is 1. The van der Waals surface area contributed by atoms with Gasteiger partial charge in [-0.15, -0.1) is 0 Å². The lowest BCUT2D eigenvalue weighted by Gasteiger charge is -2.24. The average Bonchev–Trinajstić information content (AvgIpc) is 3.29. The van der Waals surface area contributed by atoms with E-state index in [1.807, 2.05) is 44.2 Å². The highest BCUT2D eigenvalue weighted by Crippen LogP contribution is 2.41. The third kappa shape index (κ3) is 3.30. The fourth-order valence-electron chi connectivity index (χ4n) is 3.91. The summed E-state index contributed by atoms with van der Waals surface area (Å²) in [5, 5.41) is 8.50. The van der Waals surface area contributed by atoms with Crippen LogP contribution in [-0.2, 0) is 4.79 Å². The van der Waals surface area contributed by atoms with Gasteiger partial charge in [-0.3, -0.25) is 4.79 Å². The predicted molar refractivity (Wildman–Crippen MR) is 122 cm³/mol. The molecule has 2 aromatic carbocycles. The highest BCUT2D eigenvalue weighted by atomic mass is 79.9. The first-order valence-corrected chi connectivity index (χ1v) is 11.3. The largest absolute Gasteiger partial charge is 0.494 e. The molecule has 8 heteroatoms. The first-order valence-electron chi connectivity index (χ1n) is 9.72. The number of hydrogen-bond acceptors (Lipinski definition) is 5.